The predicted octanol–water partition coefficient (Wildman–Crippen LogP) is 4.14. The second-order valence-electron chi connectivity index (χ2n) is 4.56. The van der Waals surface area contributed by atoms with Crippen molar-refractivity contribution in [2.24, 2.45) is 0 Å². The minimum atomic E-state index is -0.459. The van der Waals surface area contributed by atoms with Crippen LogP contribution in [0.25, 0.3) is 10.9 Å². The maximum atomic E-state index is 13.8. The first-order chi connectivity index (χ1) is 11.1. The zero-order valence-electron chi connectivity index (χ0n) is 11.9. The highest BCUT2D eigenvalue weighted by atomic mass is 79.9. The fourth-order valence-electron chi connectivity index (χ4n) is 2.09. The van der Waals surface area contributed by atoms with Gasteiger partial charge in [0.15, 0.2) is 17.8 Å². The number of aldehydes is 1. The Morgan fingerprint density at radius 3 is 2.78 bits per heavy atom. The molecule has 2 aromatic carbocycles. The number of rotatable bonds is 4. The Morgan fingerprint density at radius 2 is 2.04 bits per heavy atom. The largest absolute Gasteiger partial charge is 0.493 e. The number of ether oxygens (including phenoxy) is 2. The van der Waals surface area contributed by atoms with Crippen molar-refractivity contribution in [3.05, 3.63) is 52.5 Å². The summed E-state index contributed by atoms with van der Waals surface area (Å²) in [6, 6.07) is 7.66. The summed E-state index contributed by atoms with van der Waals surface area (Å²) in [6.07, 6.45) is 1.92. The number of carbonyl (C=O) groups is 1. The van der Waals surface area contributed by atoms with Gasteiger partial charge in [0.05, 0.1) is 12.5 Å². The van der Waals surface area contributed by atoms with Crippen LogP contribution >= 0.6 is 15.9 Å². The molecule has 1 aromatic heterocycles. The summed E-state index contributed by atoms with van der Waals surface area (Å²) in [5.41, 5.74) is 0.591. The predicted molar refractivity (Wildman–Crippen MR) is 85.7 cm³/mol. The summed E-state index contributed by atoms with van der Waals surface area (Å²) in [5, 5.41) is 0.435. The van der Waals surface area contributed by atoms with Crippen LogP contribution < -0.4 is 9.47 Å². The molecular weight excluding hydrogens is 367 g/mol. The number of carbonyl (C=O) groups excluding carboxylic acids is 1. The van der Waals surface area contributed by atoms with Gasteiger partial charge in [0.25, 0.3) is 0 Å². The zero-order chi connectivity index (χ0) is 16.4. The van der Waals surface area contributed by atoms with E-state index < -0.39 is 5.82 Å². The average molecular weight is 377 g/mol. The SMILES string of the molecule is COc1cc(C=O)c(Br)cc1Oc1ncnc2c(F)cccc12. The molecule has 3 aromatic rings. The molecule has 0 unspecified atom stereocenters. The van der Waals surface area contributed by atoms with Gasteiger partial charge in [0, 0.05) is 10.0 Å². The molecule has 0 radical (unpaired) electrons. The fourth-order valence-corrected chi connectivity index (χ4v) is 2.51. The second-order valence-corrected chi connectivity index (χ2v) is 5.41. The van der Waals surface area contributed by atoms with Gasteiger partial charge in [-0.05, 0) is 40.2 Å². The number of nitrogens with zero attached hydrogens (tertiary/aromatic N) is 2. The van der Waals surface area contributed by atoms with Crippen molar-refractivity contribution in [2.45, 2.75) is 0 Å². The molecule has 0 aliphatic heterocycles. The third-order valence-corrected chi connectivity index (χ3v) is 3.88. The Hall–Kier alpha value is -2.54. The lowest BCUT2D eigenvalue weighted by molar-refractivity contribution is 0.112. The molecule has 0 fully saturated rings. The number of hydrogen-bond acceptors (Lipinski definition) is 5. The van der Waals surface area contributed by atoms with Crippen LogP contribution in [0.1, 0.15) is 10.4 Å². The van der Waals surface area contributed by atoms with E-state index in [1.54, 1.807) is 18.2 Å². The molecule has 0 saturated carbocycles. The van der Waals surface area contributed by atoms with Crippen LogP contribution in [0.4, 0.5) is 4.39 Å². The maximum absolute atomic E-state index is 13.8. The number of benzene rings is 2. The number of methoxy groups -OCH3 is 1. The molecule has 23 heavy (non-hydrogen) atoms. The maximum Gasteiger partial charge on any atom is 0.230 e. The van der Waals surface area contributed by atoms with E-state index in [-0.39, 0.29) is 11.4 Å². The van der Waals surface area contributed by atoms with Crippen molar-refractivity contribution in [2.75, 3.05) is 7.11 Å². The van der Waals surface area contributed by atoms with Gasteiger partial charge in [0.2, 0.25) is 5.88 Å². The monoisotopic (exact) mass is 376 g/mol. The molecule has 0 saturated heterocycles. The van der Waals surface area contributed by atoms with E-state index in [1.807, 2.05) is 0 Å². The van der Waals surface area contributed by atoms with E-state index in [4.69, 9.17) is 9.47 Å². The summed E-state index contributed by atoms with van der Waals surface area (Å²) in [4.78, 5) is 19.0. The topological polar surface area (TPSA) is 61.3 Å². The van der Waals surface area contributed by atoms with Gasteiger partial charge < -0.3 is 9.47 Å². The van der Waals surface area contributed by atoms with E-state index in [0.717, 1.165) is 0 Å². The van der Waals surface area contributed by atoms with Gasteiger partial charge in [-0.15, -0.1) is 0 Å². The average Bonchev–Trinajstić information content (AvgIpc) is 2.56. The molecule has 0 atom stereocenters. The van der Waals surface area contributed by atoms with E-state index in [1.165, 1.54) is 25.6 Å². The summed E-state index contributed by atoms with van der Waals surface area (Å²) >= 11 is 3.29. The molecule has 0 bridgehead atoms. The van der Waals surface area contributed by atoms with Crippen molar-refractivity contribution in [3.8, 4) is 17.4 Å². The molecule has 0 aliphatic carbocycles. The summed E-state index contributed by atoms with van der Waals surface area (Å²) in [7, 11) is 1.46. The van der Waals surface area contributed by atoms with Crippen LogP contribution in [0, 0.1) is 5.82 Å². The number of halogens is 2. The Labute approximate surface area is 139 Å². The van der Waals surface area contributed by atoms with Crippen LogP contribution in [0.3, 0.4) is 0 Å². The molecule has 3 rings (SSSR count). The van der Waals surface area contributed by atoms with Crippen molar-refractivity contribution in [1.82, 2.24) is 9.97 Å². The van der Waals surface area contributed by atoms with Crippen LogP contribution in [0.2, 0.25) is 0 Å². The molecule has 1 heterocycles. The van der Waals surface area contributed by atoms with Crippen LogP contribution in [-0.4, -0.2) is 23.4 Å². The van der Waals surface area contributed by atoms with E-state index in [9.17, 15) is 9.18 Å². The van der Waals surface area contributed by atoms with Crippen LogP contribution in [-0.2, 0) is 0 Å². The Kier molecular flexibility index (Phi) is 4.20. The quantitative estimate of drug-likeness (QED) is 0.640. The summed E-state index contributed by atoms with van der Waals surface area (Å²) in [6.45, 7) is 0. The number of para-hydroxylation sites is 1. The summed E-state index contributed by atoms with van der Waals surface area (Å²) < 4.78 is 25.3. The van der Waals surface area contributed by atoms with Gasteiger partial charge in [-0.3, -0.25) is 4.79 Å². The first-order valence-corrected chi connectivity index (χ1v) is 7.33. The normalized spacial score (nSPS) is 10.6. The zero-order valence-corrected chi connectivity index (χ0v) is 13.5. The molecule has 5 nitrogen and oxygen atoms in total. The number of fused-ring (bicyclic) bond motifs is 1. The third-order valence-electron chi connectivity index (χ3n) is 3.20. The molecule has 116 valence electrons. The lowest BCUT2D eigenvalue weighted by atomic mass is 10.2. The van der Waals surface area contributed by atoms with Crippen molar-refractivity contribution < 1.29 is 18.7 Å². The van der Waals surface area contributed by atoms with Gasteiger partial charge in [0.1, 0.15) is 17.7 Å². The lowest BCUT2D eigenvalue weighted by Crippen LogP contribution is -1.96. The smallest absolute Gasteiger partial charge is 0.230 e. The van der Waals surface area contributed by atoms with Crippen molar-refractivity contribution in [1.29, 1.82) is 0 Å². The second kappa shape index (κ2) is 6.29. The van der Waals surface area contributed by atoms with Crippen LogP contribution in [0.15, 0.2) is 41.1 Å². The van der Waals surface area contributed by atoms with E-state index in [2.05, 4.69) is 25.9 Å². The standard InChI is InChI=1S/C16H10BrFN2O3/c1-22-13-5-9(7-21)11(17)6-14(13)23-16-10-3-2-4-12(18)15(10)19-8-20-16/h2-8H,1H3. The Balaban J connectivity index is 2.11. The van der Waals surface area contributed by atoms with Gasteiger partial charge in [-0.1, -0.05) is 6.07 Å². The van der Waals surface area contributed by atoms with E-state index >= 15 is 0 Å². The highest BCUT2D eigenvalue weighted by Gasteiger charge is 2.14. The third kappa shape index (κ3) is 2.87. The molecule has 0 aliphatic rings. The Bertz CT molecular complexity index is 902. The first kappa shape index (κ1) is 15.4. The van der Waals surface area contributed by atoms with Gasteiger partial charge in [-0.2, -0.15) is 0 Å². The minimum absolute atomic E-state index is 0.167. The molecule has 0 N–H and O–H groups in total. The minimum Gasteiger partial charge on any atom is -0.493 e. The van der Waals surface area contributed by atoms with E-state index in [0.29, 0.717) is 33.2 Å². The molecular formula is C16H10BrFN2O3. The molecule has 0 amide bonds. The van der Waals surface area contributed by atoms with Crippen molar-refractivity contribution >= 4 is 33.1 Å². The number of aromatic nitrogens is 2. The Morgan fingerprint density at radius 1 is 1.22 bits per heavy atom. The number of hydrogen-bond donors (Lipinski definition) is 0. The first-order valence-electron chi connectivity index (χ1n) is 6.54. The lowest BCUT2D eigenvalue weighted by Gasteiger charge is -2.12. The van der Waals surface area contributed by atoms with Crippen molar-refractivity contribution in [3.63, 3.8) is 0 Å². The van der Waals surface area contributed by atoms with Crippen LogP contribution in [0.5, 0.6) is 17.4 Å². The summed E-state index contributed by atoms with van der Waals surface area (Å²) in [5.74, 6) is 0.436. The van der Waals surface area contributed by atoms with Gasteiger partial charge in [-0.25, -0.2) is 14.4 Å². The highest BCUT2D eigenvalue weighted by Crippen LogP contribution is 2.37. The van der Waals surface area contributed by atoms with Gasteiger partial charge >= 0.3 is 0 Å². The molecule has 0 spiro atoms. The fraction of sp³-hybridized carbons (Fsp3) is 0.0625. The molecule has 7 heteroatoms. The highest BCUT2D eigenvalue weighted by molar-refractivity contribution is 9.10.